The second-order valence-corrected chi connectivity index (χ2v) is 4.13. The van der Waals surface area contributed by atoms with Crippen molar-refractivity contribution < 1.29 is 18.8 Å². The summed E-state index contributed by atoms with van der Waals surface area (Å²) in [6, 6.07) is 7.33. The monoisotopic (exact) mass is 276 g/mol. The highest BCUT2D eigenvalue weighted by Crippen LogP contribution is 2.28. The maximum absolute atomic E-state index is 11.6. The number of methoxy groups -OCH3 is 1. The largest absolute Gasteiger partial charge is 0.496 e. The minimum atomic E-state index is -0.592. The number of hydrogen-bond donors (Lipinski definition) is 0. The minimum Gasteiger partial charge on any atom is -0.496 e. The molecule has 1 aromatic heterocycles. The van der Waals surface area contributed by atoms with Gasteiger partial charge in [0.05, 0.1) is 19.3 Å². The van der Waals surface area contributed by atoms with Gasteiger partial charge < -0.3 is 14.0 Å². The second-order valence-electron chi connectivity index (χ2n) is 4.13. The summed E-state index contributed by atoms with van der Waals surface area (Å²) in [5, 5.41) is 3.88. The number of hydrogen-bond acceptors (Lipinski definition) is 6. The quantitative estimate of drug-likeness (QED) is 0.781. The van der Waals surface area contributed by atoms with Gasteiger partial charge in [0.2, 0.25) is 11.7 Å². The fraction of sp³-hybridized carbons (Fsp3) is 0.357. The molecular weight excluding hydrogens is 260 g/mol. The minimum absolute atomic E-state index is 0.226. The molecule has 0 spiro atoms. The van der Waals surface area contributed by atoms with Crippen LogP contribution in [-0.2, 0) is 9.53 Å². The number of aromatic nitrogens is 2. The molecule has 0 aliphatic rings. The van der Waals surface area contributed by atoms with Gasteiger partial charge in [-0.15, -0.1) is 0 Å². The van der Waals surface area contributed by atoms with E-state index in [0.717, 1.165) is 0 Å². The van der Waals surface area contributed by atoms with Gasteiger partial charge in [0.15, 0.2) is 0 Å². The summed E-state index contributed by atoms with van der Waals surface area (Å²) in [5.74, 6) is 0.273. The van der Waals surface area contributed by atoms with E-state index < -0.39 is 5.92 Å². The van der Waals surface area contributed by atoms with E-state index in [9.17, 15) is 4.79 Å². The van der Waals surface area contributed by atoms with Crippen LogP contribution < -0.4 is 4.74 Å². The summed E-state index contributed by atoms with van der Waals surface area (Å²) in [6.45, 7) is 3.73. The number of rotatable bonds is 5. The summed E-state index contributed by atoms with van der Waals surface area (Å²) in [6.07, 6.45) is 0. The van der Waals surface area contributed by atoms with E-state index in [1.807, 2.05) is 18.2 Å². The molecule has 2 rings (SSSR count). The maximum atomic E-state index is 11.6. The molecule has 106 valence electrons. The average Bonchev–Trinajstić information content (AvgIpc) is 2.96. The molecule has 0 aliphatic carbocycles. The third-order valence-electron chi connectivity index (χ3n) is 2.80. The molecule has 0 amide bonds. The van der Waals surface area contributed by atoms with Crippen LogP contribution in [-0.4, -0.2) is 29.8 Å². The Labute approximate surface area is 116 Å². The first kappa shape index (κ1) is 14.0. The van der Waals surface area contributed by atoms with E-state index in [2.05, 4.69) is 10.1 Å². The van der Waals surface area contributed by atoms with E-state index in [0.29, 0.717) is 23.7 Å². The van der Waals surface area contributed by atoms with E-state index in [4.69, 9.17) is 14.0 Å². The molecule has 1 aromatic carbocycles. The fourth-order valence-corrected chi connectivity index (χ4v) is 1.72. The lowest BCUT2D eigenvalue weighted by Crippen LogP contribution is -2.13. The smallest absolute Gasteiger partial charge is 0.318 e. The van der Waals surface area contributed by atoms with Gasteiger partial charge in [-0.25, -0.2) is 0 Å². The fourth-order valence-electron chi connectivity index (χ4n) is 1.72. The SMILES string of the molecule is CCOC(=O)C(C)c1nc(-c2ccccc2OC)no1. The van der Waals surface area contributed by atoms with Gasteiger partial charge in [0.1, 0.15) is 11.7 Å². The lowest BCUT2D eigenvalue weighted by Gasteiger charge is -2.05. The van der Waals surface area contributed by atoms with Crippen molar-refractivity contribution in [1.82, 2.24) is 10.1 Å². The first-order chi connectivity index (χ1) is 9.67. The highest BCUT2D eigenvalue weighted by atomic mass is 16.5. The van der Waals surface area contributed by atoms with Gasteiger partial charge >= 0.3 is 5.97 Å². The molecule has 20 heavy (non-hydrogen) atoms. The molecule has 1 atom stereocenters. The zero-order valence-electron chi connectivity index (χ0n) is 11.6. The van der Waals surface area contributed by atoms with Gasteiger partial charge in [-0.05, 0) is 26.0 Å². The molecule has 0 saturated heterocycles. The number of carbonyl (C=O) groups is 1. The van der Waals surface area contributed by atoms with Crippen LogP contribution in [0.15, 0.2) is 28.8 Å². The van der Waals surface area contributed by atoms with Crippen molar-refractivity contribution in [3.8, 4) is 17.1 Å². The highest BCUT2D eigenvalue weighted by molar-refractivity contribution is 5.76. The lowest BCUT2D eigenvalue weighted by atomic mass is 10.1. The second kappa shape index (κ2) is 6.18. The van der Waals surface area contributed by atoms with Crippen LogP contribution in [0.4, 0.5) is 0 Å². The molecule has 1 heterocycles. The Morgan fingerprint density at radius 2 is 2.15 bits per heavy atom. The van der Waals surface area contributed by atoms with Crippen LogP contribution in [0.3, 0.4) is 0 Å². The van der Waals surface area contributed by atoms with Crippen LogP contribution >= 0.6 is 0 Å². The van der Waals surface area contributed by atoms with Gasteiger partial charge in [-0.3, -0.25) is 4.79 Å². The Morgan fingerprint density at radius 3 is 2.85 bits per heavy atom. The van der Waals surface area contributed by atoms with Crippen molar-refractivity contribution in [2.24, 2.45) is 0 Å². The number of ether oxygens (including phenoxy) is 2. The van der Waals surface area contributed by atoms with E-state index in [1.54, 1.807) is 27.0 Å². The Morgan fingerprint density at radius 1 is 1.40 bits per heavy atom. The third kappa shape index (κ3) is 2.79. The first-order valence-electron chi connectivity index (χ1n) is 6.31. The molecule has 6 nitrogen and oxygen atoms in total. The number of nitrogens with zero attached hydrogens (tertiary/aromatic N) is 2. The molecule has 0 fully saturated rings. The summed E-state index contributed by atoms with van der Waals surface area (Å²) in [5.41, 5.74) is 0.709. The molecule has 0 N–H and O–H groups in total. The van der Waals surface area contributed by atoms with Gasteiger partial charge in [0, 0.05) is 0 Å². The molecule has 0 saturated carbocycles. The predicted molar refractivity (Wildman–Crippen MR) is 71.3 cm³/mol. The van der Waals surface area contributed by atoms with Crippen LogP contribution in [0.25, 0.3) is 11.4 Å². The predicted octanol–water partition coefficient (Wildman–Crippen LogP) is 2.41. The van der Waals surface area contributed by atoms with Crippen molar-refractivity contribution >= 4 is 5.97 Å². The summed E-state index contributed by atoms with van der Waals surface area (Å²) >= 11 is 0. The third-order valence-corrected chi connectivity index (χ3v) is 2.80. The molecule has 6 heteroatoms. The zero-order chi connectivity index (χ0) is 14.5. The Balaban J connectivity index is 2.27. The molecule has 0 radical (unpaired) electrons. The Kier molecular flexibility index (Phi) is 4.34. The Bertz CT molecular complexity index is 594. The van der Waals surface area contributed by atoms with Crippen LogP contribution in [0, 0.1) is 0 Å². The van der Waals surface area contributed by atoms with Crippen molar-refractivity contribution in [1.29, 1.82) is 0 Å². The summed E-state index contributed by atoms with van der Waals surface area (Å²) in [7, 11) is 1.57. The topological polar surface area (TPSA) is 74.5 Å². The number of benzene rings is 1. The molecule has 1 unspecified atom stereocenters. The molecule has 0 bridgehead atoms. The van der Waals surface area contributed by atoms with Crippen LogP contribution in [0.5, 0.6) is 5.75 Å². The number of carbonyl (C=O) groups excluding carboxylic acids is 1. The normalized spacial score (nSPS) is 11.9. The van der Waals surface area contributed by atoms with Gasteiger partial charge in [-0.2, -0.15) is 4.98 Å². The molecule has 0 aliphatic heterocycles. The van der Waals surface area contributed by atoms with Crippen molar-refractivity contribution in [2.45, 2.75) is 19.8 Å². The maximum Gasteiger partial charge on any atom is 0.318 e. The molecular formula is C14H16N2O4. The summed E-state index contributed by atoms with van der Waals surface area (Å²) in [4.78, 5) is 15.9. The van der Waals surface area contributed by atoms with E-state index in [-0.39, 0.29) is 11.9 Å². The molecule has 2 aromatic rings. The van der Waals surface area contributed by atoms with Gasteiger partial charge in [-0.1, -0.05) is 17.3 Å². The zero-order valence-corrected chi connectivity index (χ0v) is 11.6. The van der Waals surface area contributed by atoms with E-state index >= 15 is 0 Å². The number of esters is 1. The average molecular weight is 276 g/mol. The summed E-state index contributed by atoms with van der Waals surface area (Å²) < 4.78 is 15.3. The highest BCUT2D eigenvalue weighted by Gasteiger charge is 2.24. The van der Waals surface area contributed by atoms with Gasteiger partial charge in [0.25, 0.3) is 0 Å². The number of para-hydroxylation sites is 1. The standard InChI is InChI=1S/C14H16N2O4/c1-4-19-14(17)9(2)13-15-12(16-20-13)10-7-5-6-8-11(10)18-3/h5-9H,4H2,1-3H3. The van der Waals surface area contributed by atoms with E-state index in [1.165, 1.54) is 0 Å². The Hall–Kier alpha value is -2.37. The first-order valence-corrected chi connectivity index (χ1v) is 6.31. The lowest BCUT2D eigenvalue weighted by molar-refractivity contribution is -0.145. The van der Waals surface area contributed by atoms with Crippen molar-refractivity contribution in [3.05, 3.63) is 30.2 Å². The van der Waals surface area contributed by atoms with Crippen LogP contribution in [0.1, 0.15) is 25.7 Å². The van der Waals surface area contributed by atoms with Crippen molar-refractivity contribution in [3.63, 3.8) is 0 Å². The van der Waals surface area contributed by atoms with Crippen LogP contribution in [0.2, 0.25) is 0 Å². The van der Waals surface area contributed by atoms with Crippen molar-refractivity contribution in [2.75, 3.05) is 13.7 Å².